The van der Waals surface area contributed by atoms with Gasteiger partial charge < -0.3 is 16.4 Å². The van der Waals surface area contributed by atoms with Crippen molar-refractivity contribution in [2.75, 3.05) is 13.1 Å². The summed E-state index contributed by atoms with van der Waals surface area (Å²) in [5, 5.41) is 5.39. The number of hydrogen-bond acceptors (Lipinski definition) is 3. The first-order chi connectivity index (χ1) is 11.3. The van der Waals surface area contributed by atoms with E-state index in [1.165, 1.54) is 5.56 Å². The number of amides is 2. The highest BCUT2D eigenvalue weighted by molar-refractivity contribution is 5.84. The molecule has 1 aromatic rings. The highest BCUT2D eigenvalue weighted by Gasteiger charge is 2.10. The number of carbonyl (C=O) groups is 2. The second-order valence-corrected chi connectivity index (χ2v) is 6.94. The monoisotopic (exact) mass is 333 g/mol. The third-order valence-corrected chi connectivity index (χ3v) is 3.95. The van der Waals surface area contributed by atoms with Gasteiger partial charge in [0.2, 0.25) is 11.8 Å². The molecule has 1 unspecified atom stereocenters. The lowest BCUT2D eigenvalue weighted by Crippen LogP contribution is -2.39. The van der Waals surface area contributed by atoms with E-state index in [4.69, 9.17) is 5.73 Å². The fourth-order valence-corrected chi connectivity index (χ4v) is 2.22. The van der Waals surface area contributed by atoms with Crippen LogP contribution in [0.25, 0.3) is 0 Å². The Morgan fingerprint density at radius 1 is 0.958 bits per heavy atom. The smallest absolute Gasteiger partial charge is 0.239 e. The van der Waals surface area contributed by atoms with E-state index >= 15 is 0 Å². The van der Waals surface area contributed by atoms with E-state index in [0.29, 0.717) is 24.8 Å². The topological polar surface area (TPSA) is 84.2 Å². The van der Waals surface area contributed by atoms with E-state index in [-0.39, 0.29) is 24.4 Å². The molecule has 0 aliphatic rings. The van der Waals surface area contributed by atoms with Crippen LogP contribution in [0.1, 0.15) is 63.6 Å². The zero-order valence-corrected chi connectivity index (χ0v) is 15.3. The van der Waals surface area contributed by atoms with Crippen LogP contribution in [-0.4, -0.2) is 24.9 Å². The third kappa shape index (κ3) is 7.59. The Bertz CT molecular complexity index is 524. The standard InChI is InChI=1S/C19H31N3O2/c1-13(2)5-10-18(23)22-12-19(24)21-11-17(20)16-8-6-15(7-9-16)14(3)4/h6-9,13-14,17H,5,10-12,20H2,1-4H3,(H,21,24)(H,22,23). The molecule has 0 aliphatic heterocycles. The van der Waals surface area contributed by atoms with E-state index in [0.717, 1.165) is 12.0 Å². The van der Waals surface area contributed by atoms with Crippen molar-refractivity contribution in [2.45, 2.75) is 52.5 Å². The summed E-state index contributed by atoms with van der Waals surface area (Å²) in [6.45, 7) is 8.76. The summed E-state index contributed by atoms with van der Waals surface area (Å²) in [4.78, 5) is 23.4. The highest BCUT2D eigenvalue weighted by atomic mass is 16.2. The summed E-state index contributed by atoms with van der Waals surface area (Å²) in [6, 6.07) is 7.87. The summed E-state index contributed by atoms with van der Waals surface area (Å²) < 4.78 is 0. The second-order valence-electron chi connectivity index (χ2n) is 6.94. The summed E-state index contributed by atoms with van der Waals surface area (Å²) in [6.07, 6.45) is 1.28. The van der Waals surface area contributed by atoms with Gasteiger partial charge in [-0.2, -0.15) is 0 Å². The number of nitrogens with two attached hydrogens (primary N) is 1. The molecule has 0 aliphatic carbocycles. The Labute approximate surface area is 145 Å². The number of benzene rings is 1. The van der Waals surface area contributed by atoms with Crippen LogP contribution >= 0.6 is 0 Å². The summed E-state index contributed by atoms with van der Waals surface area (Å²) >= 11 is 0. The first kappa shape index (κ1) is 20.2. The maximum absolute atomic E-state index is 11.8. The van der Waals surface area contributed by atoms with Gasteiger partial charge in [0.25, 0.3) is 0 Å². The molecule has 2 amide bonds. The molecule has 0 fully saturated rings. The Hall–Kier alpha value is -1.88. The van der Waals surface area contributed by atoms with Gasteiger partial charge in [-0.15, -0.1) is 0 Å². The van der Waals surface area contributed by atoms with E-state index in [2.05, 4.69) is 50.5 Å². The minimum atomic E-state index is -0.258. The lowest BCUT2D eigenvalue weighted by molar-refractivity contribution is -0.126. The minimum Gasteiger partial charge on any atom is -0.353 e. The van der Waals surface area contributed by atoms with Crippen LogP contribution in [0.4, 0.5) is 0 Å². The van der Waals surface area contributed by atoms with Crippen LogP contribution < -0.4 is 16.4 Å². The maximum atomic E-state index is 11.8. The van der Waals surface area contributed by atoms with Gasteiger partial charge in [-0.05, 0) is 29.4 Å². The molecule has 1 aromatic carbocycles. The number of hydrogen-bond donors (Lipinski definition) is 3. The van der Waals surface area contributed by atoms with E-state index in [1.54, 1.807) is 0 Å². The molecule has 0 saturated heterocycles. The molecule has 0 radical (unpaired) electrons. The van der Waals surface area contributed by atoms with Gasteiger partial charge in [-0.3, -0.25) is 9.59 Å². The van der Waals surface area contributed by atoms with Crippen LogP contribution in [0.15, 0.2) is 24.3 Å². The molecule has 0 bridgehead atoms. The molecule has 1 rings (SSSR count). The van der Waals surface area contributed by atoms with E-state index in [9.17, 15) is 9.59 Å². The molecule has 0 aromatic heterocycles. The Morgan fingerprint density at radius 3 is 2.08 bits per heavy atom. The highest BCUT2D eigenvalue weighted by Crippen LogP contribution is 2.17. The second kappa shape index (κ2) is 10.1. The maximum Gasteiger partial charge on any atom is 0.239 e. The van der Waals surface area contributed by atoms with Crippen molar-refractivity contribution in [3.05, 3.63) is 35.4 Å². The molecular weight excluding hydrogens is 302 g/mol. The fourth-order valence-electron chi connectivity index (χ4n) is 2.22. The molecule has 5 heteroatoms. The van der Waals surface area contributed by atoms with Crippen molar-refractivity contribution < 1.29 is 9.59 Å². The van der Waals surface area contributed by atoms with E-state index < -0.39 is 0 Å². The minimum absolute atomic E-state index is 0.00403. The first-order valence-corrected chi connectivity index (χ1v) is 8.68. The SMILES string of the molecule is CC(C)CCC(=O)NCC(=O)NCC(N)c1ccc(C(C)C)cc1. The summed E-state index contributed by atoms with van der Waals surface area (Å²) in [5.41, 5.74) is 8.35. The van der Waals surface area contributed by atoms with Gasteiger partial charge in [-0.1, -0.05) is 52.0 Å². The lowest BCUT2D eigenvalue weighted by atomic mass is 9.99. The molecule has 24 heavy (non-hydrogen) atoms. The zero-order valence-electron chi connectivity index (χ0n) is 15.3. The molecule has 0 saturated carbocycles. The summed E-state index contributed by atoms with van der Waals surface area (Å²) in [7, 11) is 0. The van der Waals surface area contributed by atoms with Gasteiger partial charge in [0.05, 0.1) is 6.54 Å². The average Bonchev–Trinajstić information content (AvgIpc) is 2.55. The van der Waals surface area contributed by atoms with Crippen molar-refractivity contribution in [2.24, 2.45) is 11.7 Å². The zero-order chi connectivity index (χ0) is 18.1. The van der Waals surface area contributed by atoms with E-state index in [1.807, 2.05) is 12.1 Å². The molecule has 134 valence electrons. The number of rotatable bonds is 9. The lowest BCUT2D eigenvalue weighted by Gasteiger charge is -2.15. The van der Waals surface area contributed by atoms with Gasteiger partial charge in [-0.25, -0.2) is 0 Å². The quantitative estimate of drug-likeness (QED) is 0.649. The van der Waals surface area contributed by atoms with Gasteiger partial charge >= 0.3 is 0 Å². The number of nitrogens with one attached hydrogen (secondary N) is 2. The molecule has 1 atom stereocenters. The molecule has 4 N–H and O–H groups in total. The normalized spacial score (nSPS) is 12.3. The van der Waals surface area contributed by atoms with Crippen LogP contribution in [0.5, 0.6) is 0 Å². The number of carbonyl (C=O) groups excluding carboxylic acids is 2. The Kier molecular flexibility index (Phi) is 8.47. The fraction of sp³-hybridized carbons (Fsp3) is 0.579. The molecular formula is C19H31N3O2. The molecule has 0 heterocycles. The average molecular weight is 333 g/mol. The van der Waals surface area contributed by atoms with Gasteiger partial charge in [0, 0.05) is 19.0 Å². The van der Waals surface area contributed by atoms with Gasteiger partial charge in [0.1, 0.15) is 0 Å². The van der Waals surface area contributed by atoms with Gasteiger partial charge in [0.15, 0.2) is 0 Å². The van der Waals surface area contributed by atoms with Crippen molar-refractivity contribution >= 4 is 11.8 Å². The molecule has 0 spiro atoms. The van der Waals surface area contributed by atoms with Crippen molar-refractivity contribution in [3.8, 4) is 0 Å². The van der Waals surface area contributed by atoms with Crippen LogP contribution in [0.2, 0.25) is 0 Å². The first-order valence-electron chi connectivity index (χ1n) is 8.68. The molecule has 5 nitrogen and oxygen atoms in total. The van der Waals surface area contributed by atoms with Crippen LogP contribution in [0, 0.1) is 5.92 Å². The van der Waals surface area contributed by atoms with Crippen molar-refractivity contribution in [1.29, 1.82) is 0 Å². The predicted octanol–water partition coefficient (Wildman–Crippen LogP) is 2.48. The third-order valence-electron chi connectivity index (χ3n) is 3.95. The predicted molar refractivity (Wildman–Crippen MR) is 97.6 cm³/mol. The Morgan fingerprint density at radius 2 is 1.54 bits per heavy atom. The Balaban J connectivity index is 2.31. The van der Waals surface area contributed by atoms with Crippen LogP contribution in [0.3, 0.4) is 0 Å². The van der Waals surface area contributed by atoms with Crippen molar-refractivity contribution in [3.63, 3.8) is 0 Å². The largest absolute Gasteiger partial charge is 0.353 e. The van der Waals surface area contributed by atoms with Crippen LogP contribution in [-0.2, 0) is 9.59 Å². The van der Waals surface area contributed by atoms with Crippen molar-refractivity contribution in [1.82, 2.24) is 10.6 Å². The summed E-state index contributed by atoms with van der Waals surface area (Å²) in [5.74, 6) is 0.647.